The molecule has 4 nitrogen and oxygen atoms in total. The van der Waals surface area contributed by atoms with E-state index >= 15 is 0 Å². The largest absolute Gasteiger partial charge is 0.364 e. The molecule has 2 heterocycles. The number of aromatic nitrogens is 2. The summed E-state index contributed by atoms with van der Waals surface area (Å²) in [4.78, 5) is 4.33. The molecule has 1 N–H and O–H groups in total. The summed E-state index contributed by atoms with van der Waals surface area (Å²) in [5, 5.41) is 7.51. The normalized spacial score (nSPS) is 22.2. The molecule has 1 aromatic heterocycles. The third kappa shape index (κ3) is 1.20. The number of aryl methyl sites for hydroxylation is 1. The van der Waals surface area contributed by atoms with E-state index in [0.29, 0.717) is 6.04 Å². The molecule has 0 saturated carbocycles. The SMILES string of the molecule is CC1CN=C(c2ccn(C)n2)N1. The minimum atomic E-state index is 0.446. The second-order valence-corrected chi connectivity index (χ2v) is 3.11. The van der Waals surface area contributed by atoms with E-state index < -0.39 is 0 Å². The first kappa shape index (κ1) is 7.34. The number of nitrogens with one attached hydrogen (secondary N) is 1. The summed E-state index contributed by atoms with van der Waals surface area (Å²) in [6.45, 7) is 2.96. The van der Waals surface area contributed by atoms with E-state index in [-0.39, 0.29) is 0 Å². The number of rotatable bonds is 1. The number of hydrogen-bond donors (Lipinski definition) is 1. The van der Waals surface area contributed by atoms with Crippen LogP contribution < -0.4 is 5.32 Å². The molecule has 0 saturated heterocycles. The lowest BCUT2D eigenvalue weighted by molar-refractivity contribution is 0.722. The molecule has 0 aliphatic carbocycles. The highest BCUT2D eigenvalue weighted by Gasteiger charge is 2.15. The second-order valence-electron chi connectivity index (χ2n) is 3.11. The van der Waals surface area contributed by atoms with Gasteiger partial charge in [0.15, 0.2) is 0 Å². The standard InChI is InChI=1S/C8H12N4/c1-6-5-9-8(10-6)7-3-4-12(2)11-7/h3-4,6H,5H2,1-2H3,(H,9,10). The van der Waals surface area contributed by atoms with Crippen molar-refractivity contribution in [2.75, 3.05) is 6.54 Å². The molecular weight excluding hydrogens is 152 g/mol. The molecule has 1 aromatic rings. The molecule has 1 aliphatic heterocycles. The van der Waals surface area contributed by atoms with Crippen LogP contribution in [0.5, 0.6) is 0 Å². The zero-order valence-corrected chi connectivity index (χ0v) is 7.28. The van der Waals surface area contributed by atoms with Gasteiger partial charge in [-0.2, -0.15) is 5.10 Å². The number of amidine groups is 1. The zero-order valence-electron chi connectivity index (χ0n) is 7.28. The summed E-state index contributed by atoms with van der Waals surface area (Å²) < 4.78 is 1.78. The minimum Gasteiger partial charge on any atom is -0.364 e. The van der Waals surface area contributed by atoms with Gasteiger partial charge >= 0.3 is 0 Å². The molecule has 1 unspecified atom stereocenters. The number of nitrogens with zero attached hydrogens (tertiary/aromatic N) is 3. The summed E-state index contributed by atoms with van der Waals surface area (Å²) >= 11 is 0. The fraction of sp³-hybridized carbons (Fsp3) is 0.500. The first-order chi connectivity index (χ1) is 5.75. The summed E-state index contributed by atoms with van der Waals surface area (Å²) in [7, 11) is 1.91. The van der Waals surface area contributed by atoms with Gasteiger partial charge < -0.3 is 5.32 Å². The molecule has 0 spiro atoms. The van der Waals surface area contributed by atoms with Crippen LogP contribution in [0.1, 0.15) is 12.6 Å². The van der Waals surface area contributed by atoms with Crippen molar-refractivity contribution in [1.29, 1.82) is 0 Å². The van der Waals surface area contributed by atoms with Crippen molar-refractivity contribution in [1.82, 2.24) is 15.1 Å². The molecule has 1 atom stereocenters. The van der Waals surface area contributed by atoms with Crippen LogP contribution >= 0.6 is 0 Å². The Morgan fingerprint density at radius 2 is 2.50 bits per heavy atom. The molecule has 0 radical (unpaired) electrons. The van der Waals surface area contributed by atoms with Crippen molar-refractivity contribution < 1.29 is 0 Å². The van der Waals surface area contributed by atoms with Crippen molar-refractivity contribution in [2.24, 2.45) is 12.0 Å². The van der Waals surface area contributed by atoms with Crippen molar-refractivity contribution >= 4 is 5.84 Å². The van der Waals surface area contributed by atoms with Crippen molar-refractivity contribution in [3.8, 4) is 0 Å². The summed E-state index contributed by atoms with van der Waals surface area (Å²) in [5.74, 6) is 0.920. The van der Waals surface area contributed by atoms with E-state index in [1.807, 2.05) is 19.3 Å². The van der Waals surface area contributed by atoms with Crippen LogP contribution in [0.3, 0.4) is 0 Å². The Morgan fingerprint density at radius 3 is 3.00 bits per heavy atom. The Balaban J connectivity index is 2.21. The number of aliphatic imine (C=N–C) groups is 1. The van der Waals surface area contributed by atoms with Gasteiger partial charge in [0.2, 0.25) is 0 Å². The Morgan fingerprint density at radius 1 is 1.67 bits per heavy atom. The Labute approximate surface area is 71.3 Å². The first-order valence-corrected chi connectivity index (χ1v) is 4.07. The van der Waals surface area contributed by atoms with Gasteiger partial charge in [-0.25, -0.2) is 0 Å². The van der Waals surface area contributed by atoms with Crippen molar-refractivity contribution in [3.05, 3.63) is 18.0 Å². The van der Waals surface area contributed by atoms with Crippen LogP contribution in [-0.4, -0.2) is 28.2 Å². The van der Waals surface area contributed by atoms with Gasteiger partial charge in [0, 0.05) is 19.3 Å². The fourth-order valence-electron chi connectivity index (χ4n) is 1.25. The zero-order chi connectivity index (χ0) is 8.55. The molecule has 0 fully saturated rings. The number of hydrogen-bond acceptors (Lipinski definition) is 3. The van der Waals surface area contributed by atoms with E-state index in [0.717, 1.165) is 18.1 Å². The summed E-state index contributed by atoms with van der Waals surface area (Å²) in [5.41, 5.74) is 0.932. The Bertz CT molecular complexity index is 313. The molecule has 2 rings (SSSR count). The Hall–Kier alpha value is -1.32. The second kappa shape index (κ2) is 2.62. The molecule has 12 heavy (non-hydrogen) atoms. The predicted molar refractivity (Wildman–Crippen MR) is 47.2 cm³/mol. The quantitative estimate of drug-likeness (QED) is 0.642. The molecule has 0 bridgehead atoms. The molecule has 0 aromatic carbocycles. The lowest BCUT2D eigenvalue weighted by atomic mass is 10.3. The molecular formula is C8H12N4. The third-order valence-corrected chi connectivity index (χ3v) is 1.86. The minimum absolute atomic E-state index is 0.446. The van der Waals surface area contributed by atoms with Gasteiger partial charge in [0.25, 0.3) is 0 Å². The first-order valence-electron chi connectivity index (χ1n) is 4.07. The Kier molecular flexibility index (Phi) is 1.60. The van der Waals surface area contributed by atoms with Crippen LogP contribution in [0.15, 0.2) is 17.3 Å². The smallest absolute Gasteiger partial charge is 0.149 e. The summed E-state index contributed by atoms with van der Waals surface area (Å²) in [6, 6.07) is 2.41. The lowest BCUT2D eigenvalue weighted by Gasteiger charge is -2.02. The van der Waals surface area contributed by atoms with Gasteiger partial charge in [-0.1, -0.05) is 0 Å². The molecule has 64 valence electrons. The maximum absolute atomic E-state index is 4.33. The fourth-order valence-corrected chi connectivity index (χ4v) is 1.25. The highest BCUT2D eigenvalue weighted by molar-refractivity contribution is 5.98. The highest BCUT2D eigenvalue weighted by atomic mass is 15.3. The van der Waals surface area contributed by atoms with Gasteiger partial charge in [-0.05, 0) is 13.0 Å². The average Bonchev–Trinajstić information content (AvgIpc) is 2.58. The van der Waals surface area contributed by atoms with Crippen molar-refractivity contribution in [2.45, 2.75) is 13.0 Å². The third-order valence-electron chi connectivity index (χ3n) is 1.86. The van der Waals surface area contributed by atoms with Crippen molar-refractivity contribution in [3.63, 3.8) is 0 Å². The van der Waals surface area contributed by atoms with Crippen LogP contribution in [0.2, 0.25) is 0 Å². The van der Waals surface area contributed by atoms with Gasteiger partial charge in [0.1, 0.15) is 11.5 Å². The van der Waals surface area contributed by atoms with E-state index in [1.54, 1.807) is 4.68 Å². The predicted octanol–water partition coefficient (Wildman–Crippen LogP) is 0.158. The van der Waals surface area contributed by atoms with Crippen LogP contribution in [0.25, 0.3) is 0 Å². The van der Waals surface area contributed by atoms with E-state index in [1.165, 1.54) is 0 Å². The van der Waals surface area contributed by atoms with Crippen LogP contribution in [0, 0.1) is 0 Å². The van der Waals surface area contributed by atoms with Crippen LogP contribution in [0.4, 0.5) is 0 Å². The van der Waals surface area contributed by atoms with E-state index in [9.17, 15) is 0 Å². The van der Waals surface area contributed by atoms with Gasteiger partial charge in [-0.15, -0.1) is 0 Å². The molecule has 1 aliphatic rings. The van der Waals surface area contributed by atoms with Gasteiger partial charge in [-0.3, -0.25) is 9.67 Å². The van der Waals surface area contributed by atoms with E-state index in [4.69, 9.17) is 0 Å². The molecule has 4 heteroatoms. The monoisotopic (exact) mass is 164 g/mol. The van der Waals surface area contributed by atoms with Gasteiger partial charge in [0.05, 0.1) is 6.54 Å². The topological polar surface area (TPSA) is 42.2 Å². The lowest BCUT2D eigenvalue weighted by Crippen LogP contribution is -2.28. The maximum atomic E-state index is 4.33. The summed E-state index contributed by atoms with van der Waals surface area (Å²) in [6.07, 6.45) is 1.92. The maximum Gasteiger partial charge on any atom is 0.149 e. The van der Waals surface area contributed by atoms with E-state index in [2.05, 4.69) is 22.3 Å². The highest BCUT2D eigenvalue weighted by Crippen LogP contribution is 2.02. The molecule has 0 amide bonds. The van der Waals surface area contributed by atoms with Crippen LogP contribution in [-0.2, 0) is 7.05 Å². The average molecular weight is 164 g/mol.